The van der Waals surface area contributed by atoms with Crippen LogP contribution in [0.4, 0.5) is 0 Å². The largest absolute Gasteiger partial charge is 0.497 e. The molecule has 0 radical (unpaired) electrons. The summed E-state index contributed by atoms with van der Waals surface area (Å²) in [6, 6.07) is 15.3. The first-order valence-electron chi connectivity index (χ1n) is 10.7. The number of ether oxygens (including phenoxy) is 1. The first kappa shape index (κ1) is 21.9. The Labute approximate surface area is 179 Å². The molecule has 0 bridgehead atoms. The van der Waals surface area contributed by atoms with Crippen LogP contribution < -0.4 is 10.1 Å². The average Bonchev–Trinajstić information content (AvgIpc) is 3.26. The number of carbonyl (C=O) groups excluding carboxylic acids is 2. The van der Waals surface area contributed by atoms with Crippen LogP contribution in [0.1, 0.15) is 49.3 Å². The molecule has 1 aliphatic rings. The van der Waals surface area contributed by atoms with Crippen molar-refractivity contribution in [1.29, 1.82) is 0 Å². The van der Waals surface area contributed by atoms with Crippen molar-refractivity contribution >= 4 is 11.8 Å². The van der Waals surface area contributed by atoms with Crippen molar-refractivity contribution in [3.63, 3.8) is 0 Å². The molecule has 1 aliphatic carbocycles. The van der Waals surface area contributed by atoms with Gasteiger partial charge < -0.3 is 15.0 Å². The van der Waals surface area contributed by atoms with Crippen LogP contribution in [0.5, 0.6) is 5.75 Å². The molecule has 2 aromatic carbocycles. The number of nitrogens with zero attached hydrogens (tertiary/aromatic N) is 1. The van der Waals surface area contributed by atoms with E-state index in [1.165, 1.54) is 0 Å². The highest BCUT2D eigenvalue weighted by atomic mass is 16.5. The molecule has 0 aromatic heterocycles. The monoisotopic (exact) mass is 408 g/mol. The summed E-state index contributed by atoms with van der Waals surface area (Å²) in [7, 11) is 1.62. The number of amides is 2. The maximum Gasteiger partial charge on any atom is 0.242 e. The first-order valence-corrected chi connectivity index (χ1v) is 10.7. The lowest BCUT2D eigenvalue weighted by Crippen LogP contribution is -2.50. The van der Waals surface area contributed by atoms with Gasteiger partial charge in [-0.2, -0.15) is 0 Å². The summed E-state index contributed by atoms with van der Waals surface area (Å²) in [5, 5.41) is 3.14. The Morgan fingerprint density at radius 2 is 1.80 bits per heavy atom. The Morgan fingerprint density at radius 1 is 1.10 bits per heavy atom. The standard InChI is InChI=1S/C25H32N2O3/c1-18-11-13-20(14-12-18)16-24(28)27(17-21-7-6-10-23(15-21)30-3)19(2)25(29)26-22-8-4-5-9-22/h6-7,10-15,19,22H,4-5,8-9,16-17H2,1-3H3,(H,26,29). The van der Waals surface area contributed by atoms with Gasteiger partial charge in [-0.1, -0.05) is 54.8 Å². The van der Waals surface area contributed by atoms with E-state index in [4.69, 9.17) is 4.74 Å². The zero-order valence-corrected chi connectivity index (χ0v) is 18.2. The molecule has 1 unspecified atom stereocenters. The second-order valence-electron chi connectivity index (χ2n) is 8.20. The van der Waals surface area contributed by atoms with E-state index < -0.39 is 6.04 Å². The van der Waals surface area contributed by atoms with Crippen LogP contribution in [0.2, 0.25) is 0 Å². The lowest BCUT2D eigenvalue weighted by molar-refractivity contribution is -0.140. The van der Waals surface area contributed by atoms with Crippen LogP contribution in [0, 0.1) is 6.92 Å². The highest BCUT2D eigenvalue weighted by molar-refractivity contribution is 5.88. The molecule has 1 atom stereocenters. The van der Waals surface area contributed by atoms with Gasteiger partial charge in [-0.15, -0.1) is 0 Å². The predicted octanol–water partition coefficient (Wildman–Crippen LogP) is 4.02. The van der Waals surface area contributed by atoms with Gasteiger partial charge in [-0.3, -0.25) is 9.59 Å². The number of hydrogen-bond acceptors (Lipinski definition) is 3. The molecule has 3 rings (SSSR count). The summed E-state index contributed by atoms with van der Waals surface area (Å²) in [6.07, 6.45) is 4.61. The fourth-order valence-electron chi connectivity index (χ4n) is 3.92. The van der Waals surface area contributed by atoms with Crippen molar-refractivity contribution in [1.82, 2.24) is 10.2 Å². The van der Waals surface area contributed by atoms with Crippen LogP contribution >= 0.6 is 0 Å². The lowest BCUT2D eigenvalue weighted by atomic mass is 10.1. The molecule has 1 fully saturated rings. The zero-order valence-electron chi connectivity index (χ0n) is 18.2. The lowest BCUT2D eigenvalue weighted by Gasteiger charge is -2.30. The van der Waals surface area contributed by atoms with Crippen molar-refractivity contribution in [2.24, 2.45) is 0 Å². The first-order chi connectivity index (χ1) is 14.5. The summed E-state index contributed by atoms with van der Waals surface area (Å²) in [5.41, 5.74) is 3.04. The minimum Gasteiger partial charge on any atom is -0.497 e. The summed E-state index contributed by atoms with van der Waals surface area (Å²) in [4.78, 5) is 27.9. The molecule has 2 amide bonds. The van der Waals surface area contributed by atoms with Gasteiger partial charge >= 0.3 is 0 Å². The van der Waals surface area contributed by atoms with Gasteiger partial charge in [0.15, 0.2) is 0 Å². The predicted molar refractivity (Wildman–Crippen MR) is 118 cm³/mol. The number of hydrogen-bond donors (Lipinski definition) is 1. The fraction of sp³-hybridized carbons (Fsp3) is 0.440. The SMILES string of the molecule is COc1cccc(CN(C(=O)Cc2ccc(C)cc2)C(C)C(=O)NC2CCCC2)c1. The van der Waals surface area contributed by atoms with Gasteiger partial charge in [0.25, 0.3) is 0 Å². The molecular formula is C25H32N2O3. The molecule has 0 aliphatic heterocycles. The number of rotatable bonds is 8. The average molecular weight is 409 g/mol. The van der Waals surface area contributed by atoms with Crippen molar-refractivity contribution in [2.75, 3.05) is 7.11 Å². The highest BCUT2D eigenvalue weighted by Gasteiger charge is 2.28. The summed E-state index contributed by atoms with van der Waals surface area (Å²) >= 11 is 0. The third-order valence-corrected chi connectivity index (χ3v) is 5.83. The van der Waals surface area contributed by atoms with Gasteiger partial charge in [0, 0.05) is 12.6 Å². The maximum atomic E-state index is 13.3. The molecular weight excluding hydrogens is 376 g/mol. The number of benzene rings is 2. The Hall–Kier alpha value is -2.82. The molecule has 30 heavy (non-hydrogen) atoms. The van der Waals surface area contributed by atoms with E-state index in [2.05, 4.69) is 5.32 Å². The molecule has 0 spiro atoms. The van der Waals surface area contributed by atoms with Gasteiger partial charge in [0.1, 0.15) is 11.8 Å². The minimum absolute atomic E-state index is 0.0595. The van der Waals surface area contributed by atoms with E-state index in [0.717, 1.165) is 48.1 Å². The maximum absolute atomic E-state index is 13.3. The van der Waals surface area contributed by atoms with E-state index in [1.54, 1.807) is 12.0 Å². The Balaban J connectivity index is 1.77. The summed E-state index contributed by atoms with van der Waals surface area (Å²) < 4.78 is 5.32. The number of nitrogens with one attached hydrogen (secondary N) is 1. The zero-order chi connectivity index (χ0) is 21.5. The quantitative estimate of drug-likeness (QED) is 0.718. The minimum atomic E-state index is -0.547. The molecule has 160 valence electrons. The van der Waals surface area contributed by atoms with Crippen LogP contribution in [-0.4, -0.2) is 35.9 Å². The van der Waals surface area contributed by atoms with Crippen LogP contribution in [-0.2, 0) is 22.6 Å². The third kappa shape index (κ3) is 5.85. The normalized spacial score (nSPS) is 14.9. The number of aryl methyl sites for hydroxylation is 1. The van der Waals surface area contributed by atoms with Crippen LogP contribution in [0.15, 0.2) is 48.5 Å². The van der Waals surface area contributed by atoms with E-state index in [0.29, 0.717) is 6.54 Å². The van der Waals surface area contributed by atoms with Gasteiger partial charge in [-0.05, 0) is 49.9 Å². The molecule has 5 nitrogen and oxygen atoms in total. The molecule has 1 N–H and O–H groups in total. The fourth-order valence-corrected chi connectivity index (χ4v) is 3.92. The summed E-state index contributed by atoms with van der Waals surface area (Å²) in [6.45, 7) is 4.20. The van der Waals surface area contributed by atoms with Crippen molar-refractivity contribution in [3.05, 3.63) is 65.2 Å². The third-order valence-electron chi connectivity index (χ3n) is 5.83. The molecule has 1 saturated carbocycles. The van der Waals surface area contributed by atoms with Gasteiger partial charge in [0.2, 0.25) is 11.8 Å². The number of methoxy groups -OCH3 is 1. The van der Waals surface area contributed by atoms with Crippen LogP contribution in [0.3, 0.4) is 0 Å². The van der Waals surface area contributed by atoms with Crippen molar-refractivity contribution < 1.29 is 14.3 Å². The van der Waals surface area contributed by atoms with Crippen LogP contribution in [0.25, 0.3) is 0 Å². The van der Waals surface area contributed by atoms with E-state index in [9.17, 15) is 9.59 Å². The second kappa shape index (κ2) is 10.3. The topological polar surface area (TPSA) is 58.6 Å². The number of carbonyl (C=O) groups is 2. The Morgan fingerprint density at radius 3 is 2.47 bits per heavy atom. The van der Waals surface area contributed by atoms with Crippen molar-refractivity contribution in [2.45, 2.75) is 64.6 Å². The van der Waals surface area contributed by atoms with Crippen molar-refractivity contribution in [3.8, 4) is 5.75 Å². The van der Waals surface area contributed by atoms with Gasteiger partial charge in [0.05, 0.1) is 13.5 Å². The van der Waals surface area contributed by atoms with E-state index in [1.807, 2.05) is 62.4 Å². The molecule has 2 aromatic rings. The Bertz CT molecular complexity index is 857. The highest BCUT2D eigenvalue weighted by Crippen LogP contribution is 2.20. The second-order valence-corrected chi connectivity index (χ2v) is 8.20. The Kier molecular flexibility index (Phi) is 7.50. The smallest absolute Gasteiger partial charge is 0.242 e. The molecule has 0 heterocycles. The van der Waals surface area contributed by atoms with Gasteiger partial charge in [-0.25, -0.2) is 0 Å². The molecule has 0 saturated heterocycles. The van der Waals surface area contributed by atoms with E-state index >= 15 is 0 Å². The molecule has 5 heteroatoms. The summed E-state index contributed by atoms with van der Waals surface area (Å²) in [5.74, 6) is 0.597. The van der Waals surface area contributed by atoms with E-state index in [-0.39, 0.29) is 24.3 Å².